The van der Waals surface area contributed by atoms with Crippen LogP contribution in [0, 0.1) is 5.41 Å². The highest BCUT2D eigenvalue weighted by molar-refractivity contribution is 8.00. The van der Waals surface area contributed by atoms with E-state index in [1.54, 1.807) is 0 Å². The van der Waals surface area contributed by atoms with Crippen molar-refractivity contribution in [1.82, 2.24) is 25.0 Å². The first kappa shape index (κ1) is 20.4. The van der Waals surface area contributed by atoms with E-state index in [0.29, 0.717) is 0 Å². The van der Waals surface area contributed by atoms with Gasteiger partial charge in [0, 0.05) is 32.1 Å². The van der Waals surface area contributed by atoms with Gasteiger partial charge in [-0.1, -0.05) is 11.8 Å². The lowest BCUT2D eigenvalue weighted by Crippen LogP contribution is -2.82. The van der Waals surface area contributed by atoms with Crippen LogP contribution in [0.4, 0.5) is 4.79 Å². The second-order valence-corrected chi connectivity index (χ2v) is 8.42. The van der Waals surface area contributed by atoms with Gasteiger partial charge in [0.1, 0.15) is 17.1 Å². The van der Waals surface area contributed by atoms with Gasteiger partial charge in [-0.3, -0.25) is 14.4 Å². The summed E-state index contributed by atoms with van der Waals surface area (Å²) in [4.78, 5) is 48.9. The first-order valence-corrected chi connectivity index (χ1v) is 10.0. The monoisotopic (exact) mass is 430 g/mol. The van der Waals surface area contributed by atoms with E-state index in [1.807, 2.05) is 0 Å². The Morgan fingerprint density at radius 3 is 2.82 bits per heavy atom. The van der Waals surface area contributed by atoms with Crippen LogP contribution in [0.2, 0.25) is 0 Å². The molecule has 2 fully saturated rings. The highest BCUT2D eigenvalue weighted by Gasteiger charge is 2.67. The highest BCUT2D eigenvalue weighted by atomic mass is 32.2. The van der Waals surface area contributed by atoms with E-state index in [0.717, 1.165) is 22.7 Å². The van der Waals surface area contributed by atoms with Crippen LogP contribution in [0.5, 0.6) is 0 Å². The first-order valence-electron chi connectivity index (χ1n) is 7.99. The molecule has 2 aliphatic rings. The van der Waals surface area contributed by atoms with Crippen LogP contribution in [-0.2, 0) is 19.1 Å². The zero-order chi connectivity index (χ0) is 20.7. The molecule has 0 spiro atoms. The van der Waals surface area contributed by atoms with Gasteiger partial charge in [-0.2, -0.15) is 0 Å². The molecule has 2 aliphatic heterocycles. The van der Waals surface area contributed by atoms with Gasteiger partial charge in [0.05, 0.1) is 0 Å². The maximum Gasteiger partial charge on any atom is 0.326 e. The molecule has 12 nitrogen and oxygen atoms in total. The quantitative estimate of drug-likeness (QED) is 0.282. The molecule has 1 aromatic heterocycles. The van der Waals surface area contributed by atoms with Crippen molar-refractivity contribution in [1.29, 1.82) is 0 Å². The fourth-order valence-corrected chi connectivity index (χ4v) is 5.99. The number of ether oxygens (including phenoxy) is 1. The van der Waals surface area contributed by atoms with Crippen molar-refractivity contribution in [3.8, 4) is 0 Å². The van der Waals surface area contributed by atoms with Gasteiger partial charge in [0.25, 0.3) is 11.6 Å². The number of rotatable bonds is 6. The molecule has 14 heteroatoms. The third kappa shape index (κ3) is 3.10. The lowest BCUT2D eigenvalue weighted by Gasteiger charge is -2.58. The number of hydrogen-bond acceptors (Lipinski definition) is 9. The Kier molecular flexibility index (Phi) is 5.29. The van der Waals surface area contributed by atoms with E-state index in [1.165, 1.54) is 30.7 Å². The van der Waals surface area contributed by atoms with Crippen LogP contribution in [0.3, 0.4) is 0 Å². The number of nitrogens with two attached hydrogens (primary N) is 1. The maximum absolute atomic E-state index is 12.7. The molecule has 3 heterocycles. The highest BCUT2D eigenvalue weighted by Crippen LogP contribution is 2.48. The maximum atomic E-state index is 12.7. The predicted molar refractivity (Wildman–Crippen MR) is 97.3 cm³/mol. The number of fused-ring (bicyclic) bond motifs is 1. The number of hydrogen-bond donors (Lipinski definition) is 3. The number of aromatic nitrogens is 3. The topological polar surface area (TPSA) is 170 Å². The van der Waals surface area contributed by atoms with E-state index >= 15 is 0 Å². The van der Waals surface area contributed by atoms with Crippen molar-refractivity contribution in [2.45, 2.75) is 23.2 Å². The normalized spacial score (nSPS) is 29.0. The third-order valence-electron chi connectivity index (χ3n) is 4.57. The van der Waals surface area contributed by atoms with Crippen molar-refractivity contribution in [3.05, 3.63) is 6.33 Å². The molecular weight excluding hydrogens is 412 g/mol. The van der Waals surface area contributed by atoms with E-state index in [2.05, 4.69) is 15.5 Å². The molecule has 0 radical (unpaired) electrons. The van der Waals surface area contributed by atoms with Gasteiger partial charge in [0.2, 0.25) is 5.91 Å². The number of carbonyl (C=O) groups is 4. The lowest BCUT2D eigenvalue weighted by atomic mass is 9.88. The predicted octanol–water partition coefficient (Wildman–Crippen LogP) is -1.24. The van der Waals surface area contributed by atoms with Crippen LogP contribution in [-0.4, -0.2) is 84.8 Å². The van der Waals surface area contributed by atoms with Crippen LogP contribution in [0.25, 0.3) is 0 Å². The van der Waals surface area contributed by atoms with Crippen molar-refractivity contribution >= 4 is 47.3 Å². The molecular formula is C14H18N6O6S2. The average Bonchev–Trinajstić information content (AvgIpc) is 3.12. The standard InChI is InChI=1S/C14H18N6O6S2/c1-7(21)17-14(26-2)8(22)19-3-13(10(23)24,4-27-9(14)19)5-28-12-18-16-6-20(12)11(15)25/h6,9H,3-5H2,1-2H3,(H2,15,25)(H,17,21)(H,23,24)/t9-,13?,14?/m1/s1. The smallest absolute Gasteiger partial charge is 0.326 e. The number of carboxylic acids is 1. The Balaban J connectivity index is 1.77. The largest absolute Gasteiger partial charge is 0.481 e. The Morgan fingerprint density at radius 1 is 1.54 bits per heavy atom. The number of thioether (sulfide) groups is 2. The minimum atomic E-state index is -1.49. The van der Waals surface area contributed by atoms with Gasteiger partial charge in [-0.05, 0) is 0 Å². The number of primary amides is 1. The third-order valence-corrected chi connectivity index (χ3v) is 7.42. The number of carboxylic acid groups (broad SMARTS) is 1. The van der Waals surface area contributed by atoms with Crippen molar-refractivity contribution in [3.63, 3.8) is 0 Å². The van der Waals surface area contributed by atoms with Crippen LogP contribution >= 0.6 is 23.5 Å². The molecule has 2 unspecified atom stereocenters. The molecule has 0 aromatic carbocycles. The van der Waals surface area contributed by atoms with Crippen molar-refractivity contribution in [2.75, 3.05) is 25.2 Å². The summed E-state index contributed by atoms with van der Waals surface area (Å²) in [5.41, 5.74) is 2.45. The number of methoxy groups -OCH3 is 1. The van der Waals surface area contributed by atoms with Crippen molar-refractivity contribution < 1.29 is 29.0 Å². The SMILES string of the molecule is COC1(NC(C)=O)C(=O)N2CC(CSc3nncn3C(N)=O)(C(=O)O)CS[C@@H]21. The number of aliphatic carboxylic acids is 1. The van der Waals surface area contributed by atoms with Gasteiger partial charge in [0.15, 0.2) is 5.16 Å². The number of β-lactam (4-membered cyclic amide) rings is 1. The van der Waals surface area contributed by atoms with Crippen LogP contribution < -0.4 is 11.1 Å². The number of carbonyl (C=O) groups excluding carboxylic acids is 3. The summed E-state index contributed by atoms with van der Waals surface area (Å²) < 4.78 is 6.30. The van der Waals surface area contributed by atoms with Gasteiger partial charge in [-0.25, -0.2) is 9.36 Å². The average molecular weight is 430 g/mol. The first-order chi connectivity index (χ1) is 13.2. The number of nitrogens with one attached hydrogen (secondary N) is 1. The molecule has 0 aliphatic carbocycles. The second-order valence-electron chi connectivity index (χ2n) is 6.41. The van der Waals surface area contributed by atoms with Gasteiger partial charge >= 0.3 is 12.0 Å². The van der Waals surface area contributed by atoms with Gasteiger partial charge < -0.3 is 25.8 Å². The van der Waals surface area contributed by atoms with Gasteiger partial charge in [-0.15, -0.1) is 22.0 Å². The van der Waals surface area contributed by atoms with Crippen LogP contribution in [0.15, 0.2) is 11.5 Å². The van der Waals surface area contributed by atoms with E-state index in [4.69, 9.17) is 10.5 Å². The fraction of sp³-hybridized carbons (Fsp3) is 0.571. The Bertz CT molecular complexity index is 848. The Morgan fingerprint density at radius 2 is 2.25 bits per heavy atom. The number of amides is 3. The molecule has 152 valence electrons. The molecule has 0 bridgehead atoms. The summed E-state index contributed by atoms with van der Waals surface area (Å²) in [6.45, 7) is 1.21. The summed E-state index contributed by atoms with van der Waals surface area (Å²) in [6.07, 6.45) is 1.14. The minimum Gasteiger partial charge on any atom is -0.481 e. The lowest BCUT2D eigenvalue weighted by molar-refractivity contribution is -0.200. The summed E-state index contributed by atoms with van der Waals surface area (Å²) in [6, 6.07) is -0.784. The molecule has 3 amide bonds. The van der Waals surface area contributed by atoms with Crippen molar-refractivity contribution in [2.24, 2.45) is 11.1 Å². The Labute approximate surface area is 167 Å². The summed E-state index contributed by atoms with van der Waals surface area (Å²) >= 11 is 2.23. The summed E-state index contributed by atoms with van der Waals surface area (Å²) in [5, 5.41) is 19.4. The fourth-order valence-electron chi connectivity index (χ4n) is 3.12. The summed E-state index contributed by atoms with van der Waals surface area (Å²) in [7, 11) is 1.32. The Hall–Kier alpha value is -2.32. The van der Waals surface area contributed by atoms with Crippen LogP contribution in [0.1, 0.15) is 6.92 Å². The van der Waals surface area contributed by atoms with E-state index in [9.17, 15) is 24.3 Å². The summed E-state index contributed by atoms with van der Waals surface area (Å²) in [5.74, 6) is -1.81. The zero-order valence-electron chi connectivity index (χ0n) is 14.9. The molecule has 1 aromatic rings. The zero-order valence-corrected chi connectivity index (χ0v) is 16.6. The molecule has 28 heavy (non-hydrogen) atoms. The minimum absolute atomic E-state index is 0.0396. The molecule has 0 saturated carbocycles. The van der Waals surface area contributed by atoms with E-state index in [-0.39, 0.29) is 23.2 Å². The molecule has 3 rings (SSSR count). The molecule has 2 saturated heterocycles. The molecule has 4 N–H and O–H groups in total. The second kappa shape index (κ2) is 7.25. The van der Waals surface area contributed by atoms with E-state index < -0.39 is 40.3 Å². The number of nitrogens with zero attached hydrogens (tertiary/aromatic N) is 4. The molecule has 3 atom stereocenters.